The van der Waals surface area contributed by atoms with Crippen molar-refractivity contribution in [2.75, 3.05) is 18.1 Å². The van der Waals surface area contributed by atoms with Crippen LogP contribution >= 0.6 is 11.8 Å². The summed E-state index contributed by atoms with van der Waals surface area (Å²) in [6.07, 6.45) is 0. The van der Waals surface area contributed by atoms with Crippen LogP contribution in [0.4, 0.5) is 5.69 Å². The second-order valence-electron chi connectivity index (χ2n) is 2.97. The number of hydrogen-bond acceptors (Lipinski definition) is 5. The molecule has 0 unspecified atom stereocenters. The summed E-state index contributed by atoms with van der Waals surface area (Å²) in [5, 5.41) is 8.70. The molecular weight excluding hydrogens is 216 g/mol. The number of nitrogen functional groups attached to an aromatic ring is 1. The van der Waals surface area contributed by atoms with Crippen LogP contribution in [0.25, 0.3) is 11.1 Å². The van der Waals surface area contributed by atoms with Gasteiger partial charge >= 0.3 is 5.76 Å². The van der Waals surface area contributed by atoms with Crippen LogP contribution in [0.2, 0.25) is 0 Å². The van der Waals surface area contributed by atoms with Gasteiger partial charge in [-0.3, -0.25) is 4.98 Å². The predicted octanol–water partition coefficient (Wildman–Crippen LogP) is 0.788. The quantitative estimate of drug-likeness (QED) is 0.531. The number of benzene rings is 1. The molecule has 0 aliphatic carbocycles. The van der Waals surface area contributed by atoms with Crippen LogP contribution in [-0.4, -0.2) is 22.5 Å². The predicted molar refractivity (Wildman–Crippen MR) is 59.1 cm³/mol. The van der Waals surface area contributed by atoms with E-state index in [1.807, 2.05) is 0 Å². The first-order valence-electron chi connectivity index (χ1n) is 4.36. The van der Waals surface area contributed by atoms with Crippen LogP contribution in [0.1, 0.15) is 0 Å². The van der Waals surface area contributed by atoms with Gasteiger partial charge in [0.2, 0.25) is 0 Å². The highest BCUT2D eigenvalue weighted by molar-refractivity contribution is 7.99. The van der Waals surface area contributed by atoms with Crippen LogP contribution in [0.15, 0.2) is 26.2 Å². The third-order valence-corrected chi connectivity index (χ3v) is 2.95. The Balaban J connectivity index is 2.46. The Labute approximate surface area is 89.3 Å². The van der Waals surface area contributed by atoms with Crippen molar-refractivity contribution in [3.05, 3.63) is 22.7 Å². The minimum atomic E-state index is -0.492. The fourth-order valence-corrected chi connectivity index (χ4v) is 2.01. The molecule has 0 saturated heterocycles. The molecular formula is C9H10N2O3S. The lowest BCUT2D eigenvalue weighted by molar-refractivity contribution is 0.322. The summed E-state index contributed by atoms with van der Waals surface area (Å²) in [5.41, 5.74) is 7.37. The van der Waals surface area contributed by atoms with Crippen molar-refractivity contribution in [3.63, 3.8) is 0 Å². The number of fused-ring (bicyclic) bond motifs is 1. The van der Waals surface area contributed by atoms with Gasteiger partial charge in [-0.15, -0.1) is 11.8 Å². The molecule has 1 aromatic heterocycles. The molecule has 4 N–H and O–H groups in total. The average molecular weight is 226 g/mol. The van der Waals surface area contributed by atoms with E-state index in [9.17, 15) is 4.79 Å². The van der Waals surface area contributed by atoms with E-state index in [1.54, 1.807) is 12.1 Å². The Hall–Kier alpha value is -1.40. The number of hydrogen-bond donors (Lipinski definition) is 3. The van der Waals surface area contributed by atoms with Gasteiger partial charge in [0.25, 0.3) is 0 Å². The number of oxazole rings is 1. The molecule has 1 heterocycles. The van der Waals surface area contributed by atoms with Gasteiger partial charge in [0.15, 0.2) is 5.58 Å². The topological polar surface area (TPSA) is 92.2 Å². The normalized spacial score (nSPS) is 11.0. The number of aromatic nitrogens is 1. The van der Waals surface area contributed by atoms with Crippen molar-refractivity contribution in [1.82, 2.24) is 4.98 Å². The number of nitrogens with two attached hydrogens (primary N) is 1. The fraction of sp³-hybridized carbons (Fsp3) is 0.222. The zero-order valence-electron chi connectivity index (χ0n) is 7.82. The van der Waals surface area contributed by atoms with Crippen molar-refractivity contribution in [1.29, 1.82) is 0 Å². The summed E-state index contributed by atoms with van der Waals surface area (Å²) in [5.74, 6) is 0.0753. The second-order valence-corrected chi connectivity index (χ2v) is 4.11. The van der Waals surface area contributed by atoms with Gasteiger partial charge in [0.1, 0.15) is 0 Å². The Morgan fingerprint density at radius 3 is 3.07 bits per heavy atom. The third-order valence-electron chi connectivity index (χ3n) is 1.90. The first-order valence-corrected chi connectivity index (χ1v) is 5.35. The minimum absolute atomic E-state index is 0.0874. The van der Waals surface area contributed by atoms with E-state index in [-0.39, 0.29) is 6.61 Å². The molecule has 6 heteroatoms. The van der Waals surface area contributed by atoms with Crippen LogP contribution in [-0.2, 0) is 0 Å². The molecule has 5 nitrogen and oxygen atoms in total. The molecule has 15 heavy (non-hydrogen) atoms. The van der Waals surface area contributed by atoms with Gasteiger partial charge < -0.3 is 15.3 Å². The summed E-state index contributed by atoms with van der Waals surface area (Å²) >= 11 is 1.43. The van der Waals surface area contributed by atoms with Crippen molar-refractivity contribution in [2.24, 2.45) is 0 Å². The van der Waals surface area contributed by atoms with Crippen molar-refractivity contribution in [3.8, 4) is 0 Å². The zero-order chi connectivity index (χ0) is 10.8. The molecule has 0 aliphatic rings. The Kier molecular flexibility index (Phi) is 2.70. The fourth-order valence-electron chi connectivity index (χ4n) is 1.27. The molecule has 0 atom stereocenters. The first kappa shape index (κ1) is 10.1. The lowest BCUT2D eigenvalue weighted by Crippen LogP contribution is -1.93. The van der Waals surface area contributed by atoms with E-state index >= 15 is 0 Å². The maximum Gasteiger partial charge on any atom is 0.417 e. The summed E-state index contributed by atoms with van der Waals surface area (Å²) in [6, 6.07) is 3.35. The van der Waals surface area contributed by atoms with Crippen LogP contribution < -0.4 is 11.5 Å². The molecule has 0 fully saturated rings. The zero-order valence-corrected chi connectivity index (χ0v) is 8.63. The highest BCUT2D eigenvalue weighted by atomic mass is 32.2. The third kappa shape index (κ3) is 2.00. The van der Waals surface area contributed by atoms with Crippen molar-refractivity contribution in [2.45, 2.75) is 4.90 Å². The number of aliphatic hydroxyl groups is 1. The number of anilines is 1. The van der Waals surface area contributed by atoms with E-state index in [0.717, 1.165) is 4.90 Å². The first-order chi connectivity index (χ1) is 7.20. The lowest BCUT2D eigenvalue weighted by atomic mass is 10.3. The number of aliphatic hydroxyl groups excluding tert-OH is 1. The van der Waals surface area contributed by atoms with Crippen LogP contribution in [0.5, 0.6) is 0 Å². The molecule has 0 saturated carbocycles. The average Bonchev–Trinajstić information content (AvgIpc) is 2.53. The number of nitrogens with one attached hydrogen (secondary N) is 1. The largest absolute Gasteiger partial charge is 0.417 e. The smallest absolute Gasteiger partial charge is 0.408 e. The van der Waals surface area contributed by atoms with Crippen molar-refractivity contribution >= 4 is 28.5 Å². The van der Waals surface area contributed by atoms with E-state index in [4.69, 9.17) is 15.3 Å². The van der Waals surface area contributed by atoms with Gasteiger partial charge in [-0.1, -0.05) is 0 Å². The summed E-state index contributed by atoms with van der Waals surface area (Å²) < 4.78 is 4.86. The van der Waals surface area contributed by atoms with Gasteiger partial charge in [-0.25, -0.2) is 4.79 Å². The molecule has 0 amide bonds. The molecule has 0 aliphatic heterocycles. The summed E-state index contributed by atoms with van der Waals surface area (Å²) in [7, 11) is 0. The SMILES string of the molecule is Nc1cc2oc(=O)[nH]c2cc1SCCO. The molecule has 1 aromatic carbocycles. The van der Waals surface area contributed by atoms with Crippen LogP contribution in [0.3, 0.4) is 0 Å². The standard InChI is InChI=1S/C9H10N2O3S/c10-5-3-7-6(11-9(13)14-7)4-8(5)15-2-1-12/h3-4,12H,1-2,10H2,(H,11,13). The summed E-state index contributed by atoms with van der Waals surface area (Å²) in [4.78, 5) is 14.3. The number of rotatable bonds is 3. The van der Waals surface area contributed by atoms with Gasteiger partial charge in [-0.05, 0) is 6.07 Å². The van der Waals surface area contributed by atoms with Gasteiger partial charge in [-0.2, -0.15) is 0 Å². The number of aromatic amines is 1. The van der Waals surface area contributed by atoms with E-state index < -0.39 is 5.76 Å². The minimum Gasteiger partial charge on any atom is -0.408 e. The molecule has 0 bridgehead atoms. The van der Waals surface area contributed by atoms with E-state index in [1.165, 1.54) is 11.8 Å². The molecule has 80 valence electrons. The maximum atomic E-state index is 10.9. The highest BCUT2D eigenvalue weighted by Crippen LogP contribution is 2.28. The Morgan fingerprint density at radius 2 is 2.33 bits per heavy atom. The lowest BCUT2D eigenvalue weighted by Gasteiger charge is -2.03. The molecule has 2 rings (SSSR count). The Morgan fingerprint density at radius 1 is 1.53 bits per heavy atom. The van der Waals surface area contributed by atoms with E-state index in [2.05, 4.69) is 4.98 Å². The second kappa shape index (κ2) is 4.00. The number of H-pyrrole nitrogens is 1. The molecule has 0 spiro atoms. The van der Waals surface area contributed by atoms with Gasteiger partial charge in [0, 0.05) is 22.4 Å². The van der Waals surface area contributed by atoms with Gasteiger partial charge in [0.05, 0.1) is 12.1 Å². The van der Waals surface area contributed by atoms with Crippen LogP contribution in [0, 0.1) is 0 Å². The van der Waals surface area contributed by atoms with E-state index in [0.29, 0.717) is 22.5 Å². The highest BCUT2D eigenvalue weighted by Gasteiger charge is 2.06. The Bertz CT molecular complexity index is 532. The maximum absolute atomic E-state index is 10.9. The number of thioether (sulfide) groups is 1. The molecule has 2 aromatic rings. The monoisotopic (exact) mass is 226 g/mol. The van der Waals surface area contributed by atoms with Crippen molar-refractivity contribution < 1.29 is 9.52 Å². The summed E-state index contributed by atoms with van der Waals surface area (Å²) in [6.45, 7) is 0.0874. The molecule has 0 radical (unpaired) electrons.